The summed E-state index contributed by atoms with van der Waals surface area (Å²) in [5.41, 5.74) is 3.95. The predicted octanol–water partition coefficient (Wildman–Crippen LogP) is 4.62. The Balaban J connectivity index is 1.64. The largest absolute Gasteiger partial charge is 0.465 e. The van der Waals surface area contributed by atoms with E-state index in [2.05, 4.69) is 36.9 Å². The molecule has 0 radical (unpaired) electrons. The molecule has 0 saturated carbocycles. The maximum Gasteiger partial charge on any atom is 0.337 e. The van der Waals surface area contributed by atoms with Crippen molar-refractivity contribution in [1.29, 1.82) is 5.26 Å². The lowest BCUT2D eigenvalue weighted by Crippen LogP contribution is -2.27. The van der Waals surface area contributed by atoms with Gasteiger partial charge >= 0.3 is 5.97 Å². The molecule has 1 heterocycles. The van der Waals surface area contributed by atoms with Crippen molar-refractivity contribution in [3.63, 3.8) is 0 Å². The topological polar surface area (TPSA) is 92.1 Å². The summed E-state index contributed by atoms with van der Waals surface area (Å²) in [4.78, 5) is 28.6. The third kappa shape index (κ3) is 5.65. The third-order valence-corrected chi connectivity index (χ3v) is 6.62. The second-order valence-corrected chi connectivity index (χ2v) is 9.73. The Bertz CT molecular complexity index is 1020. The number of hydrogen-bond acceptors (Lipinski definition) is 6. The van der Waals surface area contributed by atoms with Crippen molar-refractivity contribution in [1.82, 2.24) is 4.98 Å². The minimum atomic E-state index is -0.426. The molecule has 1 aliphatic carbocycles. The summed E-state index contributed by atoms with van der Waals surface area (Å²) in [5.74, 6) is 0.0871. The number of benzene rings is 1. The zero-order valence-corrected chi connectivity index (χ0v) is 19.1. The molecule has 31 heavy (non-hydrogen) atoms. The number of rotatable bonds is 5. The highest BCUT2D eigenvalue weighted by atomic mass is 32.2. The second kappa shape index (κ2) is 9.52. The second-order valence-electron chi connectivity index (χ2n) is 8.77. The summed E-state index contributed by atoms with van der Waals surface area (Å²) in [6.45, 7) is 6.77. The van der Waals surface area contributed by atoms with Gasteiger partial charge in [-0.2, -0.15) is 5.26 Å². The number of nitriles is 1. The molecule has 0 unspecified atom stereocenters. The molecule has 1 aromatic heterocycles. The molecule has 1 aromatic carbocycles. The van der Waals surface area contributed by atoms with E-state index in [9.17, 15) is 14.9 Å². The lowest BCUT2D eigenvalue weighted by molar-refractivity contribution is -0.113. The van der Waals surface area contributed by atoms with Crippen molar-refractivity contribution in [3.8, 4) is 6.07 Å². The monoisotopic (exact) mass is 437 g/mol. The van der Waals surface area contributed by atoms with Crippen LogP contribution in [-0.2, 0) is 22.4 Å². The van der Waals surface area contributed by atoms with E-state index in [0.717, 1.165) is 30.5 Å². The number of thioether (sulfide) groups is 1. The van der Waals surface area contributed by atoms with Crippen molar-refractivity contribution >= 4 is 29.3 Å². The first-order valence-electron chi connectivity index (χ1n) is 10.2. The fourth-order valence-electron chi connectivity index (χ4n) is 3.71. The average Bonchev–Trinajstić information content (AvgIpc) is 2.75. The number of fused-ring (bicyclic) bond motifs is 1. The van der Waals surface area contributed by atoms with E-state index in [1.54, 1.807) is 24.3 Å². The van der Waals surface area contributed by atoms with E-state index in [4.69, 9.17) is 4.98 Å². The van der Waals surface area contributed by atoms with Crippen molar-refractivity contribution < 1.29 is 14.3 Å². The Morgan fingerprint density at radius 3 is 2.61 bits per heavy atom. The molecule has 0 aliphatic heterocycles. The molecule has 1 atom stereocenters. The maximum absolute atomic E-state index is 12.4. The van der Waals surface area contributed by atoms with Crippen LogP contribution >= 0.6 is 11.8 Å². The van der Waals surface area contributed by atoms with Crippen molar-refractivity contribution in [2.75, 3.05) is 18.2 Å². The molecule has 2 aromatic rings. The number of anilines is 1. The Hall–Kier alpha value is -2.85. The number of aryl methyl sites for hydroxylation is 1. The summed E-state index contributed by atoms with van der Waals surface area (Å²) in [6, 6.07) is 10.7. The number of nitrogens with one attached hydrogen (secondary N) is 1. The van der Waals surface area contributed by atoms with Gasteiger partial charge in [-0.05, 0) is 66.5 Å². The molecule has 0 saturated heterocycles. The Labute approximate surface area is 187 Å². The quantitative estimate of drug-likeness (QED) is 0.542. The summed E-state index contributed by atoms with van der Waals surface area (Å²) in [6.07, 6.45) is 2.92. The number of ether oxygens (including phenoxy) is 1. The molecule has 1 aliphatic rings. The number of pyridine rings is 1. The molecular weight excluding hydrogens is 410 g/mol. The molecule has 6 nitrogen and oxygen atoms in total. The van der Waals surface area contributed by atoms with Gasteiger partial charge in [0.25, 0.3) is 0 Å². The van der Waals surface area contributed by atoms with Gasteiger partial charge in [0.15, 0.2) is 0 Å². The average molecular weight is 438 g/mol. The highest BCUT2D eigenvalue weighted by Crippen LogP contribution is 2.38. The first kappa shape index (κ1) is 22.8. The van der Waals surface area contributed by atoms with E-state index in [-0.39, 0.29) is 17.1 Å². The Morgan fingerprint density at radius 1 is 1.29 bits per heavy atom. The number of esters is 1. The number of carbonyl (C=O) groups is 2. The molecule has 3 rings (SSSR count). The van der Waals surface area contributed by atoms with Crippen LogP contribution in [0.25, 0.3) is 0 Å². The van der Waals surface area contributed by atoms with Gasteiger partial charge in [0.2, 0.25) is 5.91 Å². The van der Waals surface area contributed by atoms with Gasteiger partial charge in [0, 0.05) is 11.4 Å². The molecule has 162 valence electrons. The normalized spacial score (nSPS) is 15.5. The van der Waals surface area contributed by atoms with E-state index >= 15 is 0 Å². The number of aromatic nitrogens is 1. The fourth-order valence-corrected chi connectivity index (χ4v) is 4.49. The van der Waals surface area contributed by atoms with Gasteiger partial charge < -0.3 is 10.1 Å². The fraction of sp³-hybridized carbons (Fsp3) is 0.417. The Morgan fingerprint density at radius 2 is 2.00 bits per heavy atom. The smallest absolute Gasteiger partial charge is 0.337 e. The first-order chi connectivity index (χ1) is 14.7. The maximum atomic E-state index is 12.4. The van der Waals surface area contributed by atoms with Crippen LogP contribution in [0.2, 0.25) is 0 Å². The number of hydrogen-bond donors (Lipinski definition) is 1. The van der Waals surface area contributed by atoms with Crippen LogP contribution in [0.3, 0.4) is 0 Å². The van der Waals surface area contributed by atoms with Crippen molar-refractivity contribution in [2.24, 2.45) is 11.3 Å². The van der Waals surface area contributed by atoms with Crippen LogP contribution in [0.5, 0.6) is 0 Å². The van der Waals surface area contributed by atoms with Gasteiger partial charge in [-0.25, -0.2) is 9.78 Å². The molecule has 0 spiro atoms. The van der Waals surface area contributed by atoms with Crippen molar-refractivity contribution in [2.45, 2.75) is 45.1 Å². The first-order valence-corrected chi connectivity index (χ1v) is 11.2. The zero-order valence-electron chi connectivity index (χ0n) is 18.3. The van der Waals surface area contributed by atoms with Crippen LogP contribution in [0, 0.1) is 22.7 Å². The van der Waals surface area contributed by atoms with Crippen LogP contribution in [0.1, 0.15) is 54.4 Å². The summed E-state index contributed by atoms with van der Waals surface area (Å²) in [7, 11) is 1.32. The van der Waals surface area contributed by atoms with Gasteiger partial charge in [0.1, 0.15) is 11.1 Å². The lowest BCUT2D eigenvalue weighted by Gasteiger charge is -2.34. The van der Waals surface area contributed by atoms with E-state index in [1.807, 2.05) is 6.07 Å². The third-order valence-electron chi connectivity index (χ3n) is 5.63. The Kier molecular flexibility index (Phi) is 7.01. The van der Waals surface area contributed by atoms with Crippen LogP contribution in [0.4, 0.5) is 5.69 Å². The summed E-state index contributed by atoms with van der Waals surface area (Å²) in [5, 5.41) is 13.0. The predicted molar refractivity (Wildman–Crippen MR) is 121 cm³/mol. The number of amides is 1. The SMILES string of the molecule is COC(=O)c1ccc(NC(=O)CSc2nc3c(cc2C#N)C[C@H](C(C)(C)C)CC3)cc1. The minimum absolute atomic E-state index is 0.143. The minimum Gasteiger partial charge on any atom is -0.465 e. The van der Waals surface area contributed by atoms with E-state index < -0.39 is 5.97 Å². The molecule has 0 bridgehead atoms. The molecule has 7 heteroatoms. The number of nitrogens with zero attached hydrogens (tertiary/aromatic N) is 2. The summed E-state index contributed by atoms with van der Waals surface area (Å²) >= 11 is 1.27. The zero-order chi connectivity index (χ0) is 22.6. The van der Waals surface area contributed by atoms with Crippen LogP contribution in [-0.4, -0.2) is 29.7 Å². The molecule has 1 amide bonds. The van der Waals surface area contributed by atoms with Gasteiger partial charge in [-0.3, -0.25) is 4.79 Å². The number of carbonyl (C=O) groups excluding carboxylic acids is 2. The number of methoxy groups -OCH3 is 1. The van der Waals surface area contributed by atoms with Gasteiger partial charge in [0.05, 0.1) is 24.0 Å². The van der Waals surface area contributed by atoms with Crippen molar-refractivity contribution in [3.05, 3.63) is 52.7 Å². The molecule has 1 N–H and O–H groups in total. The molecule has 0 fully saturated rings. The van der Waals surface area contributed by atoms with Crippen LogP contribution in [0.15, 0.2) is 35.4 Å². The standard InChI is InChI=1S/C24H27N3O3S/c1-24(2,3)18-7-10-20-16(12-18)11-17(13-25)22(27-20)31-14-21(28)26-19-8-5-15(6-9-19)23(29)30-4/h5-6,8-9,11,18H,7,10,12,14H2,1-4H3,(H,26,28)/t18-/m1/s1. The van der Waals surface area contributed by atoms with E-state index in [0.29, 0.717) is 27.8 Å². The highest BCUT2D eigenvalue weighted by Gasteiger charge is 2.30. The highest BCUT2D eigenvalue weighted by molar-refractivity contribution is 8.00. The van der Waals surface area contributed by atoms with Gasteiger partial charge in [-0.15, -0.1) is 0 Å². The van der Waals surface area contributed by atoms with Gasteiger partial charge in [-0.1, -0.05) is 32.5 Å². The lowest BCUT2D eigenvalue weighted by atomic mass is 9.71. The molecular formula is C24H27N3O3S. The van der Waals surface area contributed by atoms with E-state index in [1.165, 1.54) is 18.9 Å². The van der Waals surface area contributed by atoms with Crippen LogP contribution < -0.4 is 5.32 Å². The summed E-state index contributed by atoms with van der Waals surface area (Å²) < 4.78 is 4.67.